The zero-order chi connectivity index (χ0) is 22.1. The average molecular weight is 463 g/mol. The van der Waals surface area contributed by atoms with Gasteiger partial charge in [0.15, 0.2) is 0 Å². The molecular weight excluding hydrogens is 432 g/mol. The van der Waals surface area contributed by atoms with Crippen LogP contribution in [-0.4, -0.2) is 43.8 Å². The fourth-order valence-electron chi connectivity index (χ4n) is 6.46. The predicted octanol–water partition coefficient (Wildman–Crippen LogP) is 5.84. The molecule has 0 bridgehead atoms. The van der Waals surface area contributed by atoms with Crippen molar-refractivity contribution in [3.63, 3.8) is 0 Å². The van der Waals surface area contributed by atoms with E-state index >= 15 is 0 Å². The quantitative estimate of drug-likeness (QED) is 0.515. The second kappa shape index (κ2) is 7.67. The minimum Gasteiger partial charge on any atom is -0.321 e. The Morgan fingerprint density at radius 1 is 1.03 bits per heavy atom. The summed E-state index contributed by atoms with van der Waals surface area (Å²) in [6.45, 7) is 4.51. The summed E-state index contributed by atoms with van der Waals surface area (Å²) in [4.78, 5) is 12.2. The summed E-state index contributed by atoms with van der Waals surface area (Å²) in [6, 6.07) is 5.67. The van der Waals surface area contributed by atoms with Gasteiger partial charge in [-0.2, -0.15) is 5.10 Å². The average Bonchev–Trinajstić information content (AvgIpc) is 3.75. The maximum absolute atomic E-state index is 6.76. The number of aromatic nitrogens is 4. The summed E-state index contributed by atoms with van der Waals surface area (Å²) in [7, 11) is 0. The van der Waals surface area contributed by atoms with E-state index in [2.05, 4.69) is 38.0 Å². The summed E-state index contributed by atoms with van der Waals surface area (Å²) < 4.78 is 2.11. The number of piperidine rings is 1. The highest BCUT2D eigenvalue weighted by atomic mass is 35.5. The number of anilines is 2. The molecule has 3 saturated carbocycles. The first-order chi connectivity index (χ1) is 16.1. The first-order valence-electron chi connectivity index (χ1n) is 12.7. The van der Waals surface area contributed by atoms with Crippen molar-refractivity contribution < 1.29 is 0 Å². The number of hydrogen-bond acceptors (Lipinski definition) is 5. The normalized spacial score (nSPS) is 27.8. The largest absolute Gasteiger partial charge is 0.321 e. The summed E-state index contributed by atoms with van der Waals surface area (Å²) in [5.41, 5.74) is 4.33. The molecule has 33 heavy (non-hydrogen) atoms. The van der Waals surface area contributed by atoms with E-state index in [0.717, 1.165) is 45.2 Å². The van der Waals surface area contributed by atoms with Gasteiger partial charge in [-0.25, -0.2) is 9.97 Å². The third kappa shape index (κ3) is 3.62. The molecule has 1 N–H and O–H groups in total. The lowest BCUT2D eigenvalue weighted by Gasteiger charge is -2.37. The van der Waals surface area contributed by atoms with Crippen molar-refractivity contribution in [3.05, 3.63) is 40.8 Å². The Balaban J connectivity index is 1.10. The molecule has 6 nitrogen and oxygen atoms in total. The van der Waals surface area contributed by atoms with Crippen molar-refractivity contribution >= 4 is 34.1 Å². The van der Waals surface area contributed by atoms with E-state index in [-0.39, 0.29) is 0 Å². The summed E-state index contributed by atoms with van der Waals surface area (Å²) in [5, 5.41) is 9.77. The van der Waals surface area contributed by atoms with Crippen LogP contribution in [0, 0.1) is 18.8 Å². The molecule has 7 rings (SSSR count). The van der Waals surface area contributed by atoms with Gasteiger partial charge in [-0.3, -0.25) is 4.68 Å². The molecule has 4 aliphatic rings. The van der Waals surface area contributed by atoms with Crippen molar-refractivity contribution in [1.29, 1.82) is 0 Å². The van der Waals surface area contributed by atoms with Gasteiger partial charge in [0.1, 0.15) is 0 Å². The molecule has 0 spiro atoms. The molecule has 2 unspecified atom stereocenters. The van der Waals surface area contributed by atoms with E-state index in [1.54, 1.807) is 0 Å². The first-order valence-corrected chi connectivity index (χ1v) is 13.0. The van der Waals surface area contributed by atoms with Gasteiger partial charge in [-0.05, 0) is 100 Å². The van der Waals surface area contributed by atoms with Gasteiger partial charge in [0.05, 0.1) is 29.1 Å². The molecule has 1 aliphatic heterocycles. The van der Waals surface area contributed by atoms with Crippen LogP contribution in [0.25, 0.3) is 10.9 Å². The van der Waals surface area contributed by atoms with Gasteiger partial charge in [-0.15, -0.1) is 0 Å². The van der Waals surface area contributed by atoms with Crippen molar-refractivity contribution in [2.45, 2.75) is 69.9 Å². The molecule has 3 aliphatic carbocycles. The van der Waals surface area contributed by atoms with Crippen molar-refractivity contribution in [2.75, 3.05) is 18.4 Å². The Hall–Kier alpha value is -2.18. The molecule has 7 heteroatoms. The number of fused-ring (bicyclic) bond motifs is 2. The zero-order valence-corrected chi connectivity index (χ0v) is 19.9. The minimum atomic E-state index is 0.514. The maximum Gasteiger partial charge on any atom is 0.227 e. The number of hydrogen-bond donors (Lipinski definition) is 1. The molecule has 3 atom stereocenters. The molecule has 0 radical (unpaired) electrons. The molecule has 0 amide bonds. The van der Waals surface area contributed by atoms with Crippen LogP contribution in [0.1, 0.15) is 68.2 Å². The fraction of sp³-hybridized carbons (Fsp3) is 0.577. The van der Waals surface area contributed by atoms with Crippen molar-refractivity contribution in [3.8, 4) is 0 Å². The molecular formula is C26H31ClN6. The van der Waals surface area contributed by atoms with E-state index in [1.807, 2.05) is 18.5 Å². The number of benzene rings is 1. The van der Waals surface area contributed by atoms with E-state index in [4.69, 9.17) is 16.6 Å². The highest BCUT2D eigenvalue weighted by Gasteiger charge is 2.50. The highest BCUT2D eigenvalue weighted by molar-refractivity contribution is 6.32. The van der Waals surface area contributed by atoms with Crippen LogP contribution in [0.3, 0.4) is 0 Å². The van der Waals surface area contributed by atoms with Gasteiger partial charge in [-0.1, -0.05) is 11.6 Å². The molecule has 3 aromatic rings. The Kier molecular flexibility index (Phi) is 4.70. The first kappa shape index (κ1) is 20.2. The monoisotopic (exact) mass is 462 g/mol. The van der Waals surface area contributed by atoms with E-state index in [9.17, 15) is 0 Å². The van der Waals surface area contributed by atoms with Crippen LogP contribution >= 0.6 is 11.6 Å². The number of nitrogens with one attached hydrogen (secondary N) is 1. The van der Waals surface area contributed by atoms with E-state index in [0.29, 0.717) is 17.9 Å². The lowest BCUT2D eigenvalue weighted by Crippen LogP contribution is -2.41. The highest BCUT2D eigenvalue weighted by Crippen LogP contribution is 2.54. The van der Waals surface area contributed by atoms with Gasteiger partial charge in [0, 0.05) is 22.6 Å². The Labute approximate surface area is 199 Å². The Morgan fingerprint density at radius 3 is 2.61 bits per heavy atom. The van der Waals surface area contributed by atoms with Crippen molar-refractivity contribution in [2.24, 2.45) is 11.8 Å². The van der Waals surface area contributed by atoms with E-state index < -0.39 is 0 Å². The van der Waals surface area contributed by atoms with Gasteiger partial charge in [0.2, 0.25) is 5.95 Å². The summed E-state index contributed by atoms with van der Waals surface area (Å²) in [5.74, 6) is 3.19. The van der Waals surface area contributed by atoms with E-state index in [1.165, 1.54) is 63.6 Å². The molecule has 1 aromatic carbocycles. The molecule has 3 heterocycles. The molecule has 172 valence electrons. The van der Waals surface area contributed by atoms with Gasteiger partial charge < -0.3 is 10.2 Å². The number of likely N-dealkylation sites (tertiary alicyclic amines) is 1. The Morgan fingerprint density at radius 2 is 1.88 bits per heavy atom. The molecule has 2 aromatic heterocycles. The summed E-state index contributed by atoms with van der Waals surface area (Å²) >= 11 is 6.76. The van der Waals surface area contributed by atoms with Crippen LogP contribution in [0.15, 0.2) is 24.5 Å². The van der Waals surface area contributed by atoms with Crippen LogP contribution in [0.4, 0.5) is 11.6 Å². The van der Waals surface area contributed by atoms with Crippen LogP contribution < -0.4 is 5.32 Å². The minimum absolute atomic E-state index is 0.514. The maximum atomic E-state index is 6.76. The van der Waals surface area contributed by atoms with Crippen LogP contribution in [-0.2, 0) is 0 Å². The van der Waals surface area contributed by atoms with Gasteiger partial charge in [0.25, 0.3) is 0 Å². The Bertz CT molecular complexity index is 1210. The van der Waals surface area contributed by atoms with Crippen molar-refractivity contribution in [1.82, 2.24) is 24.6 Å². The topological polar surface area (TPSA) is 58.9 Å². The molecule has 1 saturated heterocycles. The second-order valence-electron chi connectivity index (χ2n) is 10.7. The number of nitrogens with zero attached hydrogens (tertiary/aromatic N) is 5. The predicted molar refractivity (Wildman–Crippen MR) is 131 cm³/mol. The molecule has 4 fully saturated rings. The fourth-order valence-corrected chi connectivity index (χ4v) is 6.79. The lowest BCUT2D eigenvalue weighted by molar-refractivity contribution is 0.140. The summed E-state index contributed by atoms with van der Waals surface area (Å²) in [6.07, 6.45) is 12.9. The number of halogens is 1. The third-order valence-corrected chi connectivity index (χ3v) is 8.95. The number of rotatable bonds is 5. The smallest absolute Gasteiger partial charge is 0.227 e. The van der Waals surface area contributed by atoms with Crippen LogP contribution in [0.5, 0.6) is 0 Å². The van der Waals surface area contributed by atoms with Gasteiger partial charge >= 0.3 is 0 Å². The second-order valence-corrected chi connectivity index (χ2v) is 11.1. The standard InChI is InChI=1S/C26H31ClN6/c1-15-24(14-29-33(15)19-3-4-19)31-26-28-13-18-11-22(27)20(12-23(18)30-26)16-6-8-32(9-7-16)25-5-2-17-10-21(17)25/h11-14,16-17,19,21,25H,2-10H2,1H3,(H,28,30,31)/t17?,21-,25?/m0/s1. The lowest BCUT2D eigenvalue weighted by atomic mass is 9.88. The third-order valence-electron chi connectivity index (χ3n) is 8.63. The zero-order valence-electron chi connectivity index (χ0n) is 19.2. The van der Waals surface area contributed by atoms with Crippen LogP contribution in [0.2, 0.25) is 5.02 Å². The SMILES string of the molecule is Cc1c(Nc2ncc3cc(Cl)c(C4CCN(C5CCC6C[C@@H]65)CC4)cc3n2)cnn1C1CC1.